The van der Waals surface area contributed by atoms with E-state index >= 15 is 0 Å². The fourth-order valence-corrected chi connectivity index (χ4v) is 2.92. The molecule has 1 aromatic carbocycles. The minimum Gasteiger partial charge on any atom is -0.335 e. The molecule has 1 aliphatic rings. The zero-order valence-corrected chi connectivity index (χ0v) is 13.1. The molecule has 0 heterocycles. The van der Waals surface area contributed by atoms with Gasteiger partial charge in [-0.15, -0.1) is 0 Å². The van der Waals surface area contributed by atoms with Gasteiger partial charge in [0.25, 0.3) is 0 Å². The van der Waals surface area contributed by atoms with Crippen molar-refractivity contribution in [2.75, 3.05) is 13.1 Å². The number of nitrogens with zero attached hydrogens (tertiary/aromatic N) is 2. The molecule has 1 aromatic rings. The average Bonchev–Trinajstić information content (AvgIpc) is 2.56. The van der Waals surface area contributed by atoms with Gasteiger partial charge in [-0.2, -0.15) is 5.26 Å². The molecule has 0 atom stereocenters. The van der Waals surface area contributed by atoms with Gasteiger partial charge in [0.05, 0.1) is 12.5 Å². The van der Waals surface area contributed by atoms with E-state index in [0.717, 1.165) is 19.3 Å². The highest BCUT2D eigenvalue weighted by molar-refractivity contribution is 5.74. The van der Waals surface area contributed by atoms with Gasteiger partial charge in [-0.05, 0) is 24.8 Å². The predicted octanol–water partition coefficient (Wildman–Crippen LogP) is 3.49. The van der Waals surface area contributed by atoms with E-state index in [1.807, 2.05) is 18.2 Å². The molecule has 1 aliphatic carbocycles. The molecule has 0 saturated heterocycles. The van der Waals surface area contributed by atoms with Crippen LogP contribution in [-0.4, -0.2) is 30.1 Å². The molecule has 0 bridgehead atoms. The summed E-state index contributed by atoms with van der Waals surface area (Å²) in [5.74, 6) is 0. The fraction of sp³-hybridized carbons (Fsp3) is 0.556. The van der Waals surface area contributed by atoms with Gasteiger partial charge in [-0.1, -0.05) is 49.6 Å². The molecule has 1 N–H and O–H groups in total. The topological polar surface area (TPSA) is 56.1 Å². The smallest absolute Gasteiger partial charge is 0.317 e. The number of urea groups is 1. The van der Waals surface area contributed by atoms with Gasteiger partial charge in [0.2, 0.25) is 0 Å². The van der Waals surface area contributed by atoms with Crippen LogP contribution in [0.2, 0.25) is 0 Å². The predicted molar refractivity (Wildman–Crippen MR) is 87.4 cm³/mol. The van der Waals surface area contributed by atoms with Crippen LogP contribution in [0.3, 0.4) is 0 Å². The summed E-state index contributed by atoms with van der Waals surface area (Å²) in [6, 6.07) is 12.6. The summed E-state index contributed by atoms with van der Waals surface area (Å²) in [5.41, 5.74) is 1.22. The third kappa shape index (κ3) is 5.40. The Morgan fingerprint density at radius 3 is 2.59 bits per heavy atom. The lowest BCUT2D eigenvalue weighted by Gasteiger charge is -2.28. The van der Waals surface area contributed by atoms with Crippen LogP contribution in [0.5, 0.6) is 0 Å². The maximum atomic E-state index is 12.4. The van der Waals surface area contributed by atoms with Crippen molar-refractivity contribution in [2.45, 2.75) is 51.0 Å². The number of hydrogen-bond acceptors (Lipinski definition) is 2. The number of benzene rings is 1. The summed E-state index contributed by atoms with van der Waals surface area (Å²) >= 11 is 0. The number of nitrogens with one attached hydrogen (secondary N) is 1. The highest BCUT2D eigenvalue weighted by atomic mass is 16.2. The van der Waals surface area contributed by atoms with E-state index in [1.54, 1.807) is 4.90 Å². The zero-order valence-electron chi connectivity index (χ0n) is 13.1. The van der Waals surface area contributed by atoms with Gasteiger partial charge >= 0.3 is 6.03 Å². The van der Waals surface area contributed by atoms with Crippen LogP contribution in [0, 0.1) is 11.3 Å². The number of rotatable bonds is 6. The van der Waals surface area contributed by atoms with Gasteiger partial charge in [-0.3, -0.25) is 0 Å². The van der Waals surface area contributed by atoms with E-state index in [0.29, 0.717) is 25.6 Å². The maximum absolute atomic E-state index is 12.4. The first-order valence-corrected chi connectivity index (χ1v) is 8.26. The van der Waals surface area contributed by atoms with Gasteiger partial charge in [-0.25, -0.2) is 4.79 Å². The SMILES string of the molecule is N#CCCN(CCc1ccccc1)C(=O)NC1CCCCC1. The monoisotopic (exact) mass is 299 g/mol. The van der Waals surface area contributed by atoms with Crippen LogP contribution < -0.4 is 5.32 Å². The Morgan fingerprint density at radius 1 is 1.18 bits per heavy atom. The minimum atomic E-state index is -0.0157. The van der Waals surface area contributed by atoms with Crippen molar-refractivity contribution in [3.8, 4) is 6.07 Å². The van der Waals surface area contributed by atoms with E-state index in [2.05, 4.69) is 23.5 Å². The third-order valence-corrected chi connectivity index (χ3v) is 4.23. The van der Waals surface area contributed by atoms with Crippen LogP contribution in [0.15, 0.2) is 30.3 Å². The number of nitriles is 1. The van der Waals surface area contributed by atoms with Crippen molar-refractivity contribution in [1.82, 2.24) is 10.2 Å². The Bertz CT molecular complexity index is 489. The van der Waals surface area contributed by atoms with Crippen molar-refractivity contribution >= 4 is 6.03 Å². The minimum absolute atomic E-state index is 0.0157. The van der Waals surface area contributed by atoms with Crippen LogP contribution in [0.4, 0.5) is 4.79 Å². The third-order valence-electron chi connectivity index (χ3n) is 4.23. The molecule has 4 nitrogen and oxygen atoms in total. The summed E-state index contributed by atoms with van der Waals surface area (Å²) in [6.07, 6.45) is 7.04. The van der Waals surface area contributed by atoms with Crippen LogP contribution >= 0.6 is 0 Å². The maximum Gasteiger partial charge on any atom is 0.317 e. The Morgan fingerprint density at radius 2 is 1.91 bits per heavy atom. The van der Waals surface area contributed by atoms with Gasteiger partial charge in [0, 0.05) is 19.1 Å². The normalized spacial score (nSPS) is 15.0. The molecule has 2 amide bonds. The average molecular weight is 299 g/mol. The van der Waals surface area contributed by atoms with Gasteiger partial charge < -0.3 is 10.2 Å². The van der Waals surface area contributed by atoms with E-state index in [1.165, 1.54) is 24.8 Å². The molecule has 4 heteroatoms. The quantitative estimate of drug-likeness (QED) is 0.874. The zero-order chi connectivity index (χ0) is 15.6. The highest BCUT2D eigenvalue weighted by Gasteiger charge is 2.19. The first-order valence-electron chi connectivity index (χ1n) is 8.26. The first kappa shape index (κ1) is 16.4. The van der Waals surface area contributed by atoms with Crippen molar-refractivity contribution in [2.24, 2.45) is 0 Å². The number of amides is 2. The van der Waals surface area contributed by atoms with E-state index in [-0.39, 0.29) is 6.03 Å². The molecule has 118 valence electrons. The molecule has 1 fully saturated rings. The van der Waals surface area contributed by atoms with Gasteiger partial charge in [0.15, 0.2) is 0 Å². The van der Waals surface area contributed by atoms with E-state index in [9.17, 15) is 4.79 Å². The van der Waals surface area contributed by atoms with E-state index < -0.39 is 0 Å². The Labute approximate surface area is 133 Å². The molecule has 0 aromatic heterocycles. The number of carbonyl (C=O) groups is 1. The molecule has 1 saturated carbocycles. The standard InChI is InChI=1S/C18H25N3O/c19-13-7-14-21(15-12-16-8-3-1-4-9-16)18(22)20-17-10-5-2-6-11-17/h1,3-4,8-9,17H,2,5-7,10-12,14-15H2,(H,20,22). The molecular weight excluding hydrogens is 274 g/mol. The molecule has 22 heavy (non-hydrogen) atoms. The van der Waals surface area contributed by atoms with E-state index in [4.69, 9.17) is 5.26 Å². The molecule has 0 aliphatic heterocycles. The summed E-state index contributed by atoms with van der Waals surface area (Å²) in [6.45, 7) is 1.16. The van der Waals surface area contributed by atoms with Crippen LogP contribution in [0.1, 0.15) is 44.1 Å². The molecule has 0 radical (unpaired) electrons. The fourth-order valence-electron chi connectivity index (χ4n) is 2.92. The largest absolute Gasteiger partial charge is 0.335 e. The molecule has 2 rings (SSSR count). The Balaban J connectivity index is 1.86. The second kappa shape index (κ2) is 9.09. The number of carbonyl (C=O) groups excluding carboxylic acids is 1. The lowest BCUT2D eigenvalue weighted by Crippen LogP contribution is -2.46. The molecular formula is C18H25N3O. The highest BCUT2D eigenvalue weighted by Crippen LogP contribution is 2.17. The van der Waals surface area contributed by atoms with Crippen molar-refractivity contribution in [3.63, 3.8) is 0 Å². The second-order valence-electron chi connectivity index (χ2n) is 5.92. The Hall–Kier alpha value is -2.02. The van der Waals surface area contributed by atoms with Crippen molar-refractivity contribution in [3.05, 3.63) is 35.9 Å². The first-order chi connectivity index (χ1) is 10.8. The molecule has 0 spiro atoms. The lowest BCUT2D eigenvalue weighted by atomic mass is 9.96. The Kier molecular flexibility index (Phi) is 6.76. The van der Waals surface area contributed by atoms with Crippen molar-refractivity contribution in [1.29, 1.82) is 5.26 Å². The van der Waals surface area contributed by atoms with Crippen LogP contribution in [0.25, 0.3) is 0 Å². The van der Waals surface area contributed by atoms with Crippen molar-refractivity contribution < 1.29 is 4.79 Å². The lowest BCUT2D eigenvalue weighted by molar-refractivity contribution is 0.191. The summed E-state index contributed by atoms with van der Waals surface area (Å²) in [4.78, 5) is 14.2. The van der Waals surface area contributed by atoms with Gasteiger partial charge in [0.1, 0.15) is 0 Å². The molecule has 0 unspecified atom stereocenters. The van der Waals surface area contributed by atoms with Crippen LogP contribution in [-0.2, 0) is 6.42 Å². The summed E-state index contributed by atoms with van der Waals surface area (Å²) in [7, 11) is 0. The summed E-state index contributed by atoms with van der Waals surface area (Å²) in [5, 5.41) is 11.9. The number of hydrogen-bond donors (Lipinski definition) is 1. The summed E-state index contributed by atoms with van der Waals surface area (Å²) < 4.78 is 0. The second-order valence-corrected chi connectivity index (χ2v) is 5.92.